The van der Waals surface area contributed by atoms with Gasteiger partial charge in [0.25, 0.3) is 5.91 Å². The summed E-state index contributed by atoms with van der Waals surface area (Å²) in [5.74, 6) is -0.346. The van der Waals surface area contributed by atoms with Crippen molar-refractivity contribution in [3.8, 4) is 5.69 Å². The topological polar surface area (TPSA) is 113 Å². The first-order valence-corrected chi connectivity index (χ1v) is 13.5. The molecular formula is C23H26BrN5O4S. The Labute approximate surface area is 206 Å². The molecule has 1 heterocycles. The maximum absolute atomic E-state index is 12.9. The second-order valence-electron chi connectivity index (χ2n) is 8.28. The van der Waals surface area contributed by atoms with Crippen LogP contribution < -0.4 is 14.9 Å². The molecule has 0 atom stereocenters. The van der Waals surface area contributed by atoms with Crippen LogP contribution in [-0.2, 0) is 14.8 Å². The van der Waals surface area contributed by atoms with Gasteiger partial charge in [-0.3, -0.25) is 13.9 Å². The Kier molecular flexibility index (Phi) is 6.68. The van der Waals surface area contributed by atoms with Gasteiger partial charge in [-0.25, -0.2) is 13.1 Å². The van der Waals surface area contributed by atoms with Crippen molar-refractivity contribution in [2.45, 2.75) is 25.2 Å². The Bertz CT molecular complexity index is 1360. The molecule has 0 saturated heterocycles. The monoisotopic (exact) mass is 547 g/mol. The Balaban J connectivity index is 1.93. The molecule has 0 aliphatic heterocycles. The summed E-state index contributed by atoms with van der Waals surface area (Å²) in [6.07, 6.45) is 3.03. The third kappa shape index (κ3) is 4.80. The number of anilines is 1. The zero-order chi connectivity index (χ0) is 24.6. The van der Waals surface area contributed by atoms with Crippen LogP contribution in [-0.4, -0.2) is 56.9 Å². The van der Waals surface area contributed by atoms with Crippen molar-refractivity contribution in [2.75, 3.05) is 31.2 Å². The molecule has 2 N–H and O–H groups in total. The lowest BCUT2D eigenvalue weighted by Crippen LogP contribution is -2.34. The van der Waals surface area contributed by atoms with E-state index < -0.39 is 10.0 Å². The van der Waals surface area contributed by atoms with Crippen LogP contribution in [0.4, 0.5) is 5.69 Å². The molecule has 0 spiro atoms. The fourth-order valence-corrected chi connectivity index (χ4v) is 5.18. The molecule has 1 saturated carbocycles. The molecule has 1 aliphatic carbocycles. The van der Waals surface area contributed by atoms with Crippen LogP contribution >= 0.6 is 15.9 Å². The summed E-state index contributed by atoms with van der Waals surface area (Å²) in [4.78, 5) is 24.8. The first-order chi connectivity index (χ1) is 16.1. The molecule has 1 aliphatic rings. The smallest absolute Gasteiger partial charge is 0.270 e. The highest BCUT2D eigenvalue weighted by atomic mass is 79.9. The molecule has 9 nitrogen and oxygen atoms in total. The van der Waals surface area contributed by atoms with Gasteiger partial charge in [0, 0.05) is 36.9 Å². The number of nitrogens with zero attached hydrogens (tertiary/aromatic N) is 3. The lowest BCUT2D eigenvalue weighted by Gasteiger charge is -2.25. The van der Waals surface area contributed by atoms with Gasteiger partial charge in [0.15, 0.2) is 0 Å². The fourth-order valence-electron chi connectivity index (χ4n) is 3.97. The van der Waals surface area contributed by atoms with Crippen molar-refractivity contribution in [3.05, 3.63) is 52.1 Å². The summed E-state index contributed by atoms with van der Waals surface area (Å²) in [5.41, 5.74) is 2.92. The summed E-state index contributed by atoms with van der Waals surface area (Å²) in [6.45, 7) is 0.0134. The summed E-state index contributed by atoms with van der Waals surface area (Å²) < 4.78 is 29.2. The normalized spacial score (nSPS) is 13.6. The van der Waals surface area contributed by atoms with E-state index in [0.717, 1.165) is 29.1 Å². The minimum atomic E-state index is -3.67. The van der Waals surface area contributed by atoms with Crippen LogP contribution in [0.3, 0.4) is 0 Å². The van der Waals surface area contributed by atoms with Crippen LogP contribution in [0.1, 0.15) is 41.2 Å². The number of amides is 2. The van der Waals surface area contributed by atoms with Crippen molar-refractivity contribution >= 4 is 54.4 Å². The highest BCUT2D eigenvalue weighted by molar-refractivity contribution is 9.10. The number of hydrogen-bond acceptors (Lipinski definition) is 5. The summed E-state index contributed by atoms with van der Waals surface area (Å²) in [6, 6.07) is 11.0. The fraction of sp³-hybridized carbons (Fsp3) is 0.348. The minimum Gasteiger partial charge on any atom is -0.359 e. The second-order valence-corrected chi connectivity index (χ2v) is 11.1. The summed E-state index contributed by atoms with van der Waals surface area (Å²) >= 11 is 3.42. The van der Waals surface area contributed by atoms with Crippen molar-refractivity contribution in [3.63, 3.8) is 0 Å². The van der Waals surface area contributed by atoms with Gasteiger partial charge in [-0.2, -0.15) is 5.10 Å². The molecule has 1 aromatic heterocycles. The molecule has 3 aromatic rings. The number of hydrogen-bond donors (Lipinski definition) is 2. The van der Waals surface area contributed by atoms with Gasteiger partial charge >= 0.3 is 0 Å². The van der Waals surface area contributed by atoms with E-state index >= 15 is 0 Å². The molecule has 11 heteroatoms. The number of fused-ring (bicyclic) bond motifs is 1. The number of nitrogens with one attached hydrogen (secondary N) is 2. The predicted molar refractivity (Wildman–Crippen MR) is 135 cm³/mol. The van der Waals surface area contributed by atoms with E-state index in [1.807, 2.05) is 30.3 Å². The maximum atomic E-state index is 12.9. The lowest BCUT2D eigenvalue weighted by molar-refractivity contribution is -0.120. The Morgan fingerprint density at radius 3 is 2.38 bits per heavy atom. The summed E-state index contributed by atoms with van der Waals surface area (Å²) in [7, 11) is -0.585. The average molecular weight is 548 g/mol. The lowest BCUT2D eigenvalue weighted by atomic mass is 10.0. The standard InChI is InChI=1S/C23H26BrN5O4S/c1-25-21(30)10-11-28(34(3,32)33)20-13-19-18(12-17(20)14-4-5-14)22(23(31)26-2)29(27-19)16-8-6-15(24)7-9-16/h6-9,12-14H,4-5,10-11H2,1-3H3,(H,25,30)(H,26,31). The first-order valence-electron chi connectivity index (χ1n) is 10.9. The van der Waals surface area contributed by atoms with Gasteiger partial charge in [-0.05, 0) is 60.7 Å². The number of carbonyl (C=O) groups excluding carboxylic acids is 2. The average Bonchev–Trinajstić information content (AvgIpc) is 3.58. The minimum absolute atomic E-state index is 0.0134. The maximum Gasteiger partial charge on any atom is 0.270 e. The number of rotatable bonds is 8. The third-order valence-corrected chi connectivity index (χ3v) is 7.55. The van der Waals surface area contributed by atoms with E-state index in [4.69, 9.17) is 0 Å². The number of halogens is 1. The molecule has 180 valence electrons. The molecule has 1 fully saturated rings. The van der Waals surface area contributed by atoms with Crippen LogP contribution in [0.2, 0.25) is 0 Å². The molecule has 0 bridgehead atoms. The third-order valence-electron chi connectivity index (χ3n) is 5.84. The molecule has 4 rings (SSSR count). The van der Waals surface area contributed by atoms with E-state index in [-0.39, 0.29) is 30.7 Å². The van der Waals surface area contributed by atoms with Crippen molar-refractivity contribution < 1.29 is 18.0 Å². The van der Waals surface area contributed by atoms with Crippen LogP contribution in [0.5, 0.6) is 0 Å². The van der Waals surface area contributed by atoms with Crippen LogP contribution in [0, 0.1) is 0 Å². The molecule has 0 radical (unpaired) electrons. The first kappa shape index (κ1) is 24.2. The van der Waals surface area contributed by atoms with E-state index in [9.17, 15) is 18.0 Å². The molecule has 34 heavy (non-hydrogen) atoms. The van der Waals surface area contributed by atoms with E-state index in [1.54, 1.807) is 17.8 Å². The Morgan fingerprint density at radius 2 is 1.82 bits per heavy atom. The Morgan fingerprint density at radius 1 is 1.15 bits per heavy atom. The SMILES string of the molecule is CNC(=O)CCN(c1cc2nn(-c3ccc(Br)cc3)c(C(=O)NC)c2cc1C1CC1)S(C)(=O)=O. The number of carbonyl (C=O) groups is 2. The molecule has 0 unspecified atom stereocenters. The predicted octanol–water partition coefficient (Wildman–Crippen LogP) is 2.93. The largest absolute Gasteiger partial charge is 0.359 e. The number of aromatic nitrogens is 2. The van der Waals surface area contributed by atoms with Crippen LogP contribution in [0.25, 0.3) is 16.6 Å². The second kappa shape index (κ2) is 9.38. The quantitative estimate of drug-likeness (QED) is 0.450. The van der Waals surface area contributed by atoms with E-state index in [0.29, 0.717) is 28.0 Å². The summed E-state index contributed by atoms with van der Waals surface area (Å²) in [5, 5.41) is 10.5. The molecular weight excluding hydrogens is 522 g/mol. The van der Waals surface area contributed by atoms with Gasteiger partial charge < -0.3 is 10.6 Å². The molecule has 2 aromatic carbocycles. The molecule has 2 amide bonds. The van der Waals surface area contributed by atoms with Gasteiger partial charge in [0.2, 0.25) is 15.9 Å². The van der Waals surface area contributed by atoms with Crippen molar-refractivity contribution in [2.24, 2.45) is 0 Å². The van der Waals surface area contributed by atoms with Crippen molar-refractivity contribution in [1.82, 2.24) is 20.4 Å². The number of benzene rings is 2. The van der Waals surface area contributed by atoms with Gasteiger partial charge in [-0.1, -0.05) is 15.9 Å². The zero-order valence-corrected chi connectivity index (χ0v) is 21.5. The van der Waals surface area contributed by atoms with Gasteiger partial charge in [0.05, 0.1) is 23.1 Å². The van der Waals surface area contributed by atoms with E-state index in [1.165, 1.54) is 11.4 Å². The van der Waals surface area contributed by atoms with Gasteiger partial charge in [-0.15, -0.1) is 0 Å². The number of sulfonamides is 1. The van der Waals surface area contributed by atoms with Gasteiger partial charge in [0.1, 0.15) is 5.69 Å². The Hall–Kier alpha value is -2.92. The highest BCUT2D eigenvalue weighted by Crippen LogP contribution is 2.46. The zero-order valence-electron chi connectivity index (χ0n) is 19.1. The van der Waals surface area contributed by atoms with Crippen LogP contribution in [0.15, 0.2) is 40.9 Å². The van der Waals surface area contributed by atoms with E-state index in [2.05, 4.69) is 31.7 Å². The highest BCUT2D eigenvalue weighted by Gasteiger charge is 2.32. The van der Waals surface area contributed by atoms with Crippen molar-refractivity contribution in [1.29, 1.82) is 0 Å².